The van der Waals surface area contributed by atoms with Gasteiger partial charge in [-0.1, -0.05) is 0 Å². The van der Waals surface area contributed by atoms with Crippen LogP contribution in [0.5, 0.6) is 0 Å². The molecule has 0 aliphatic heterocycles. The highest BCUT2D eigenvalue weighted by molar-refractivity contribution is 7.90. The lowest BCUT2D eigenvalue weighted by molar-refractivity contribution is -0.138. The quantitative estimate of drug-likeness (QED) is 0.779. The molecule has 100 valence electrons. The van der Waals surface area contributed by atoms with E-state index in [1.807, 2.05) is 0 Å². The number of hydrogen-bond acceptors (Lipinski definition) is 4. The Kier molecular flexibility index (Phi) is 4.08. The van der Waals surface area contributed by atoms with Crippen molar-refractivity contribution in [1.82, 2.24) is 0 Å². The minimum absolute atomic E-state index is 0.0171. The van der Waals surface area contributed by atoms with E-state index in [0.717, 1.165) is 18.4 Å². The Morgan fingerprint density at radius 1 is 1.50 bits per heavy atom. The number of aliphatic carboxylic acids is 1. The lowest BCUT2D eigenvalue weighted by atomic mass is 10.0. The summed E-state index contributed by atoms with van der Waals surface area (Å²) in [5.41, 5.74) is 5.56. The molecule has 0 saturated heterocycles. The predicted molar refractivity (Wildman–Crippen MR) is 63.6 cm³/mol. The first kappa shape index (κ1) is 14.6. The Labute approximate surface area is 104 Å². The Morgan fingerprint density at radius 2 is 2.06 bits per heavy atom. The number of nitrogens with two attached hydrogens (primary N) is 1. The average Bonchev–Trinajstić information content (AvgIpc) is 2.19. The van der Waals surface area contributed by atoms with Crippen molar-refractivity contribution in [2.24, 2.45) is 5.73 Å². The highest BCUT2D eigenvalue weighted by Gasteiger charge is 2.19. The zero-order valence-corrected chi connectivity index (χ0v) is 10.8. The summed E-state index contributed by atoms with van der Waals surface area (Å²) in [5, 5.41) is 8.65. The van der Waals surface area contributed by atoms with Crippen molar-refractivity contribution in [1.29, 1.82) is 0 Å². The predicted octanol–water partition coefficient (Wildman–Crippen LogP) is 0.492. The van der Waals surface area contributed by atoms with Gasteiger partial charge in [0.2, 0.25) is 0 Å². The second kappa shape index (κ2) is 5.03. The molecule has 7 heteroatoms. The van der Waals surface area contributed by atoms with Gasteiger partial charge in [-0.05, 0) is 30.2 Å². The van der Waals surface area contributed by atoms with E-state index < -0.39 is 27.7 Å². The van der Waals surface area contributed by atoms with Crippen LogP contribution in [0.3, 0.4) is 0 Å². The zero-order chi connectivity index (χ0) is 14.1. The number of hydrogen-bond donors (Lipinski definition) is 2. The first-order valence-corrected chi connectivity index (χ1v) is 6.99. The van der Waals surface area contributed by atoms with Crippen LogP contribution < -0.4 is 5.73 Å². The molecule has 0 saturated carbocycles. The van der Waals surface area contributed by atoms with E-state index in [4.69, 9.17) is 10.8 Å². The molecule has 1 aromatic rings. The van der Waals surface area contributed by atoms with E-state index in [0.29, 0.717) is 0 Å². The van der Waals surface area contributed by atoms with Crippen molar-refractivity contribution < 1.29 is 22.7 Å². The number of carbonyl (C=O) groups is 1. The molecule has 1 aromatic carbocycles. The van der Waals surface area contributed by atoms with E-state index in [9.17, 15) is 17.6 Å². The molecule has 0 spiro atoms. The van der Waals surface area contributed by atoms with Crippen LogP contribution in [0.1, 0.15) is 11.1 Å². The molecule has 5 nitrogen and oxygen atoms in total. The molecule has 1 unspecified atom stereocenters. The molecule has 0 heterocycles. The third-order valence-corrected chi connectivity index (χ3v) is 3.74. The number of halogens is 1. The van der Waals surface area contributed by atoms with Gasteiger partial charge in [0.25, 0.3) is 0 Å². The Bertz CT molecular complexity index is 583. The molecule has 0 aromatic heterocycles. The van der Waals surface area contributed by atoms with E-state index >= 15 is 0 Å². The molecule has 0 amide bonds. The van der Waals surface area contributed by atoms with Gasteiger partial charge in [-0.2, -0.15) is 0 Å². The highest BCUT2D eigenvalue weighted by Crippen LogP contribution is 2.21. The van der Waals surface area contributed by atoms with E-state index in [1.165, 1.54) is 6.92 Å². The fourth-order valence-electron chi connectivity index (χ4n) is 1.58. The number of benzene rings is 1. The standard InChI is InChI=1S/C11H14FNO4S/c1-6-3-8(12)7(4-9(13)11(14)15)5-10(6)18(2,16)17/h3,5,9H,4,13H2,1-2H3,(H,14,15). The maximum Gasteiger partial charge on any atom is 0.320 e. The van der Waals surface area contributed by atoms with Crippen LogP contribution in [0.4, 0.5) is 4.39 Å². The minimum Gasteiger partial charge on any atom is -0.480 e. The highest BCUT2D eigenvalue weighted by atomic mass is 32.2. The summed E-state index contributed by atoms with van der Waals surface area (Å²) < 4.78 is 36.5. The maximum atomic E-state index is 13.6. The molecule has 0 aliphatic rings. The minimum atomic E-state index is -3.48. The van der Waals surface area contributed by atoms with Gasteiger partial charge in [0.15, 0.2) is 9.84 Å². The van der Waals surface area contributed by atoms with E-state index in [-0.39, 0.29) is 22.4 Å². The molecular weight excluding hydrogens is 261 g/mol. The summed E-state index contributed by atoms with van der Waals surface area (Å²) in [6, 6.07) is 0.943. The van der Waals surface area contributed by atoms with Gasteiger partial charge < -0.3 is 10.8 Å². The molecule has 0 fully saturated rings. The molecule has 0 radical (unpaired) electrons. The number of carboxylic acids is 1. The summed E-state index contributed by atoms with van der Waals surface area (Å²) in [6.07, 6.45) is 0.748. The number of sulfone groups is 1. The lowest BCUT2D eigenvalue weighted by Gasteiger charge is -2.11. The normalized spacial score (nSPS) is 13.3. The Morgan fingerprint density at radius 3 is 2.50 bits per heavy atom. The van der Waals surface area contributed by atoms with Crippen LogP contribution in [-0.4, -0.2) is 31.8 Å². The van der Waals surface area contributed by atoms with E-state index in [1.54, 1.807) is 0 Å². The monoisotopic (exact) mass is 275 g/mol. The third-order valence-electron chi connectivity index (χ3n) is 2.50. The van der Waals surface area contributed by atoms with Crippen LogP contribution in [0.25, 0.3) is 0 Å². The number of carboxylic acid groups (broad SMARTS) is 1. The molecule has 1 rings (SSSR count). The van der Waals surface area contributed by atoms with Crippen molar-refractivity contribution >= 4 is 15.8 Å². The number of rotatable bonds is 4. The molecule has 3 N–H and O–H groups in total. The van der Waals surface area contributed by atoms with Gasteiger partial charge >= 0.3 is 5.97 Å². The van der Waals surface area contributed by atoms with Crippen LogP contribution >= 0.6 is 0 Å². The SMILES string of the molecule is Cc1cc(F)c(CC(N)C(=O)O)cc1S(C)(=O)=O. The van der Waals surface area contributed by atoms with Gasteiger partial charge in [0, 0.05) is 12.7 Å². The second-order valence-corrected chi connectivity index (χ2v) is 6.11. The molecular formula is C11H14FNO4S. The maximum absolute atomic E-state index is 13.6. The molecule has 1 atom stereocenters. The zero-order valence-electron chi connectivity index (χ0n) is 9.97. The topological polar surface area (TPSA) is 97.5 Å². The van der Waals surface area contributed by atoms with Gasteiger partial charge in [-0.15, -0.1) is 0 Å². The second-order valence-electron chi connectivity index (χ2n) is 4.13. The summed E-state index contributed by atoms with van der Waals surface area (Å²) in [4.78, 5) is 10.6. The van der Waals surface area contributed by atoms with Gasteiger partial charge in [-0.3, -0.25) is 4.79 Å². The average molecular weight is 275 g/mol. The Balaban J connectivity index is 3.26. The Hall–Kier alpha value is -1.47. The summed E-state index contributed by atoms with van der Waals surface area (Å²) >= 11 is 0. The van der Waals surface area contributed by atoms with Crippen molar-refractivity contribution in [3.63, 3.8) is 0 Å². The van der Waals surface area contributed by atoms with Gasteiger partial charge in [-0.25, -0.2) is 12.8 Å². The van der Waals surface area contributed by atoms with Crippen LogP contribution in [-0.2, 0) is 21.1 Å². The van der Waals surface area contributed by atoms with Gasteiger partial charge in [0.1, 0.15) is 11.9 Å². The summed E-state index contributed by atoms with van der Waals surface area (Å²) in [6.45, 7) is 1.47. The lowest BCUT2D eigenvalue weighted by Crippen LogP contribution is -2.32. The molecule has 0 aliphatic carbocycles. The van der Waals surface area contributed by atoms with Crippen molar-refractivity contribution in [3.8, 4) is 0 Å². The number of aryl methyl sites for hydroxylation is 1. The molecule has 0 bridgehead atoms. The smallest absolute Gasteiger partial charge is 0.320 e. The fraction of sp³-hybridized carbons (Fsp3) is 0.364. The third kappa shape index (κ3) is 3.27. The molecule has 18 heavy (non-hydrogen) atoms. The first-order chi connectivity index (χ1) is 8.12. The van der Waals surface area contributed by atoms with Gasteiger partial charge in [0.05, 0.1) is 4.90 Å². The summed E-state index contributed by atoms with van der Waals surface area (Å²) in [5.74, 6) is -1.92. The fourth-order valence-corrected chi connectivity index (χ4v) is 2.58. The van der Waals surface area contributed by atoms with Crippen LogP contribution in [0.2, 0.25) is 0 Å². The first-order valence-electron chi connectivity index (χ1n) is 5.10. The van der Waals surface area contributed by atoms with Crippen LogP contribution in [0.15, 0.2) is 17.0 Å². The summed E-state index contributed by atoms with van der Waals surface area (Å²) in [7, 11) is -3.48. The van der Waals surface area contributed by atoms with Crippen molar-refractivity contribution in [3.05, 3.63) is 29.1 Å². The largest absolute Gasteiger partial charge is 0.480 e. The van der Waals surface area contributed by atoms with E-state index in [2.05, 4.69) is 0 Å². The van der Waals surface area contributed by atoms with Crippen LogP contribution in [0, 0.1) is 12.7 Å². The van der Waals surface area contributed by atoms with Crippen molar-refractivity contribution in [2.45, 2.75) is 24.3 Å². The van der Waals surface area contributed by atoms with Crippen molar-refractivity contribution in [2.75, 3.05) is 6.26 Å².